The second-order valence-corrected chi connectivity index (χ2v) is 8.12. The molecule has 4 saturated carbocycles. The van der Waals surface area contributed by atoms with Crippen LogP contribution in [0.5, 0.6) is 0 Å². The quantitative estimate of drug-likeness (QED) is 0.788. The highest BCUT2D eigenvalue weighted by Crippen LogP contribution is 2.59. The van der Waals surface area contributed by atoms with Crippen molar-refractivity contribution in [3.05, 3.63) is 0 Å². The summed E-state index contributed by atoms with van der Waals surface area (Å²) >= 11 is 0. The van der Waals surface area contributed by atoms with Gasteiger partial charge in [0.25, 0.3) is 0 Å². The fraction of sp³-hybridized carbons (Fsp3) is 1.00. The second kappa shape index (κ2) is 4.06. The SMILES string of the molecule is COP(=O)(NC12CC3CC(CC(C3)C1)C2)OC. The lowest BCUT2D eigenvalue weighted by Crippen LogP contribution is -2.57. The van der Waals surface area contributed by atoms with Gasteiger partial charge in [0, 0.05) is 19.8 Å². The molecule has 0 amide bonds. The Bertz CT molecular complexity index is 314. The van der Waals surface area contributed by atoms with Crippen LogP contribution < -0.4 is 5.09 Å². The summed E-state index contributed by atoms with van der Waals surface area (Å²) in [6.45, 7) is 0. The molecule has 4 fully saturated rings. The summed E-state index contributed by atoms with van der Waals surface area (Å²) < 4.78 is 22.4. The standard InChI is InChI=1S/C12H22NO3P/c1-15-17(14,16-2)13-12-6-9-3-10(7-12)5-11(4-9)8-12/h9-11H,3-8H2,1-2H3,(H,13,14). The normalized spacial score (nSPS) is 44.2. The van der Waals surface area contributed by atoms with E-state index in [1.807, 2.05) is 0 Å². The van der Waals surface area contributed by atoms with E-state index in [4.69, 9.17) is 9.05 Å². The third-order valence-electron chi connectivity index (χ3n) is 4.89. The summed E-state index contributed by atoms with van der Waals surface area (Å²) in [7, 11) is -0.168. The van der Waals surface area contributed by atoms with Crippen molar-refractivity contribution in [2.24, 2.45) is 17.8 Å². The Morgan fingerprint density at radius 2 is 1.41 bits per heavy atom. The van der Waals surface area contributed by atoms with Crippen LogP contribution in [0.25, 0.3) is 0 Å². The maximum Gasteiger partial charge on any atom is 0.405 e. The van der Waals surface area contributed by atoms with Crippen LogP contribution in [0.1, 0.15) is 38.5 Å². The van der Waals surface area contributed by atoms with Crippen LogP contribution in [-0.4, -0.2) is 19.8 Å². The van der Waals surface area contributed by atoms with Crippen LogP contribution in [0.4, 0.5) is 0 Å². The molecule has 17 heavy (non-hydrogen) atoms. The minimum Gasteiger partial charge on any atom is -0.300 e. The molecule has 1 N–H and O–H groups in total. The molecule has 0 aromatic heterocycles. The monoisotopic (exact) mass is 259 g/mol. The van der Waals surface area contributed by atoms with E-state index in [0.717, 1.165) is 37.0 Å². The Labute approximate surface area is 103 Å². The molecule has 0 aliphatic heterocycles. The summed E-state index contributed by atoms with van der Waals surface area (Å²) in [5, 5.41) is 3.25. The molecular formula is C12H22NO3P. The summed E-state index contributed by atoms with van der Waals surface area (Å²) in [4.78, 5) is 0. The minimum atomic E-state index is -3.08. The first-order chi connectivity index (χ1) is 8.06. The molecule has 4 aliphatic carbocycles. The van der Waals surface area contributed by atoms with E-state index in [1.54, 1.807) is 0 Å². The van der Waals surface area contributed by atoms with E-state index >= 15 is 0 Å². The summed E-state index contributed by atoms with van der Waals surface area (Å²) in [6.07, 6.45) is 7.59. The highest BCUT2D eigenvalue weighted by atomic mass is 31.2. The van der Waals surface area contributed by atoms with Crippen molar-refractivity contribution in [2.45, 2.75) is 44.1 Å². The molecule has 0 atom stereocenters. The Balaban J connectivity index is 1.80. The van der Waals surface area contributed by atoms with Crippen molar-refractivity contribution in [2.75, 3.05) is 14.2 Å². The molecule has 98 valence electrons. The van der Waals surface area contributed by atoms with Crippen molar-refractivity contribution in [1.82, 2.24) is 5.09 Å². The minimum absolute atomic E-state index is 0.0241. The molecular weight excluding hydrogens is 237 g/mol. The topological polar surface area (TPSA) is 47.6 Å². The average Bonchev–Trinajstić information content (AvgIpc) is 2.26. The zero-order valence-electron chi connectivity index (χ0n) is 10.6. The van der Waals surface area contributed by atoms with E-state index in [2.05, 4.69) is 5.09 Å². The third-order valence-corrected chi connectivity index (χ3v) is 6.60. The van der Waals surface area contributed by atoms with Gasteiger partial charge >= 0.3 is 7.75 Å². The molecule has 0 unspecified atom stereocenters. The molecule has 4 bridgehead atoms. The predicted molar refractivity (Wildman–Crippen MR) is 65.7 cm³/mol. The first-order valence-corrected chi connectivity index (χ1v) is 8.12. The lowest BCUT2D eigenvalue weighted by molar-refractivity contribution is -0.0123. The maximum absolute atomic E-state index is 12.3. The van der Waals surface area contributed by atoms with Crippen molar-refractivity contribution < 1.29 is 13.6 Å². The number of nitrogens with one attached hydrogen (secondary N) is 1. The summed E-state index contributed by atoms with van der Waals surface area (Å²) in [5.74, 6) is 2.49. The van der Waals surface area contributed by atoms with Crippen molar-refractivity contribution in [3.8, 4) is 0 Å². The van der Waals surface area contributed by atoms with Crippen LogP contribution in [0.2, 0.25) is 0 Å². The lowest BCUT2D eigenvalue weighted by atomic mass is 9.53. The fourth-order valence-corrected chi connectivity index (χ4v) is 5.89. The molecule has 4 rings (SSSR count). The molecule has 0 saturated heterocycles. The Hall–Kier alpha value is 0.110. The van der Waals surface area contributed by atoms with E-state index in [-0.39, 0.29) is 5.54 Å². The van der Waals surface area contributed by atoms with Crippen LogP contribution in [0.15, 0.2) is 0 Å². The average molecular weight is 259 g/mol. The van der Waals surface area contributed by atoms with E-state index in [9.17, 15) is 4.57 Å². The van der Waals surface area contributed by atoms with Crippen molar-refractivity contribution in [1.29, 1.82) is 0 Å². The van der Waals surface area contributed by atoms with Crippen molar-refractivity contribution >= 4 is 7.75 Å². The number of rotatable bonds is 4. The highest BCUT2D eigenvalue weighted by molar-refractivity contribution is 7.51. The molecule has 0 aromatic carbocycles. The molecule has 0 radical (unpaired) electrons. The fourth-order valence-electron chi connectivity index (χ4n) is 4.70. The third kappa shape index (κ3) is 2.10. The smallest absolute Gasteiger partial charge is 0.300 e. The lowest BCUT2D eigenvalue weighted by Gasteiger charge is -2.57. The number of hydrogen-bond acceptors (Lipinski definition) is 3. The molecule has 0 aromatic rings. The van der Waals surface area contributed by atoms with Gasteiger partial charge in [-0.05, 0) is 56.3 Å². The van der Waals surface area contributed by atoms with Gasteiger partial charge in [-0.15, -0.1) is 0 Å². The first-order valence-electron chi connectivity index (χ1n) is 6.57. The van der Waals surface area contributed by atoms with E-state index in [0.29, 0.717) is 0 Å². The van der Waals surface area contributed by atoms with Crippen LogP contribution in [0.3, 0.4) is 0 Å². The zero-order chi connectivity index (χ0) is 12.1. The van der Waals surface area contributed by atoms with Crippen molar-refractivity contribution in [3.63, 3.8) is 0 Å². The Morgan fingerprint density at radius 3 is 1.76 bits per heavy atom. The summed E-state index contributed by atoms with van der Waals surface area (Å²) in [5.41, 5.74) is 0.0241. The zero-order valence-corrected chi connectivity index (χ0v) is 11.5. The molecule has 4 aliphatic rings. The van der Waals surface area contributed by atoms with Gasteiger partial charge in [-0.3, -0.25) is 0 Å². The predicted octanol–water partition coefficient (Wildman–Crippen LogP) is 2.95. The largest absolute Gasteiger partial charge is 0.405 e. The van der Waals surface area contributed by atoms with Crippen LogP contribution in [0, 0.1) is 17.8 Å². The first kappa shape index (κ1) is 12.2. The molecule has 4 nitrogen and oxygen atoms in total. The summed E-state index contributed by atoms with van der Waals surface area (Å²) in [6, 6.07) is 0. The van der Waals surface area contributed by atoms with Gasteiger partial charge in [-0.25, -0.2) is 9.65 Å². The van der Waals surface area contributed by atoms with Gasteiger partial charge in [-0.2, -0.15) is 0 Å². The second-order valence-electron chi connectivity index (χ2n) is 6.17. The molecule has 0 spiro atoms. The molecule has 5 heteroatoms. The van der Waals surface area contributed by atoms with Crippen LogP contribution in [-0.2, 0) is 13.6 Å². The van der Waals surface area contributed by atoms with Gasteiger partial charge in [0.2, 0.25) is 0 Å². The molecule has 0 heterocycles. The van der Waals surface area contributed by atoms with Gasteiger partial charge in [0.05, 0.1) is 0 Å². The highest BCUT2D eigenvalue weighted by Gasteiger charge is 2.53. The Kier molecular flexibility index (Phi) is 2.90. The van der Waals surface area contributed by atoms with Gasteiger partial charge in [-0.1, -0.05) is 0 Å². The van der Waals surface area contributed by atoms with E-state index < -0.39 is 7.75 Å². The maximum atomic E-state index is 12.3. The van der Waals surface area contributed by atoms with Crippen LogP contribution >= 0.6 is 7.75 Å². The van der Waals surface area contributed by atoms with Gasteiger partial charge in [0.1, 0.15) is 0 Å². The van der Waals surface area contributed by atoms with E-state index in [1.165, 1.54) is 33.5 Å². The van der Waals surface area contributed by atoms with Gasteiger partial charge < -0.3 is 9.05 Å². The van der Waals surface area contributed by atoms with Gasteiger partial charge in [0.15, 0.2) is 0 Å². The Morgan fingerprint density at radius 1 is 1.00 bits per heavy atom. The number of hydrogen-bond donors (Lipinski definition) is 1.